The van der Waals surface area contributed by atoms with Crippen molar-refractivity contribution in [3.05, 3.63) is 101 Å². The van der Waals surface area contributed by atoms with E-state index in [0.717, 1.165) is 45.7 Å². The molecule has 3 aromatic rings. The van der Waals surface area contributed by atoms with Gasteiger partial charge in [-0.1, -0.05) is 106 Å². The Labute approximate surface area is 252 Å². The fraction of sp³-hybridized carbons (Fsp3) is 0.412. The molecular weight excluding hydrogens is 546 g/mol. The summed E-state index contributed by atoms with van der Waals surface area (Å²) in [4.78, 5) is 29.4. The zero-order valence-corrected chi connectivity index (χ0v) is 26.6. The lowest BCUT2D eigenvalue weighted by Crippen LogP contribution is -2.53. The summed E-state index contributed by atoms with van der Waals surface area (Å²) in [6.45, 7) is 10.5. The van der Waals surface area contributed by atoms with Crippen LogP contribution in [0.25, 0.3) is 0 Å². The van der Waals surface area contributed by atoms with Crippen molar-refractivity contribution < 1.29 is 18.0 Å². The zero-order valence-electron chi connectivity index (χ0n) is 25.8. The molecular formula is C34H45N3O4S. The van der Waals surface area contributed by atoms with E-state index in [1.54, 1.807) is 12.1 Å². The van der Waals surface area contributed by atoms with Crippen LogP contribution >= 0.6 is 0 Å². The number of hydrogen-bond donors (Lipinski definition) is 1. The molecule has 226 valence electrons. The van der Waals surface area contributed by atoms with E-state index in [4.69, 9.17) is 0 Å². The molecule has 0 aliphatic rings. The van der Waals surface area contributed by atoms with Crippen LogP contribution in [0.3, 0.4) is 0 Å². The van der Waals surface area contributed by atoms with Crippen molar-refractivity contribution in [2.45, 2.75) is 71.9 Å². The summed E-state index contributed by atoms with van der Waals surface area (Å²) in [5, 5.41) is 3.01. The van der Waals surface area contributed by atoms with Crippen LogP contribution in [-0.2, 0) is 38.0 Å². The number of sulfonamides is 1. The Hall–Kier alpha value is -3.65. The summed E-state index contributed by atoms with van der Waals surface area (Å²) in [7, 11) is -3.81. The van der Waals surface area contributed by atoms with Crippen LogP contribution < -0.4 is 9.62 Å². The third-order valence-electron chi connectivity index (χ3n) is 7.27. The van der Waals surface area contributed by atoms with Gasteiger partial charge < -0.3 is 10.2 Å². The average molecular weight is 592 g/mol. The molecule has 1 N–H and O–H groups in total. The number of unbranched alkanes of at least 4 members (excludes halogenated alkanes) is 1. The maximum Gasteiger partial charge on any atom is 0.244 e. The first kappa shape index (κ1) is 32.9. The normalized spacial score (nSPS) is 12.4. The fourth-order valence-corrected chi connectivity index (χ4v) is 5.54. The number of carbonyl (C=O) groups is 2. The van der Waals surface area contributed by atoms with Gasteiger partial charge in [-0.15, -0.1) is 0 Å². The quantitative estimate of drug-likeness (QED) is 0.262. The van der Waals surface area contributed by atoms with Gasteiger partial charge in [0.05, 0.1) is 11.9 Å². The van der Waals surface area contributed by atoms with Gasteiger partial charge in [-0.25, -0.2) is 8.42 Å². The molecule has 0 aromatic heterocycles. The maximum absolute atomic E-state index is 14.2. The van der Waals surface area contributed by atoms with E-state index in [1.807, 2.05) is 73.7 Å². The van der Waals surface area contributed by atoms with Crippen molar-refractivity contribution >= 4 is 27.5 Å². The number of aryl methyl sites for hydroxylation is 1. The minimum atomic E-state index is -3.81. The highest BCUT2D eigenvalue weighted by Crippen LogP contribution is 2.26. The minimum absolute atomic E-state index is 0.106. The molecule has 0 spiro atoms. The van der Waals surface area contributed by atoms with E-state index < -0.39 is 28.5 Å². The van der Waals surface area contributed by atoms with Gasteiger partial charge in [-0.05, 0) is 47.6 Å². The summed E-state index contributed by atoms with van der Waals surface area (Å²) in [5.41, 5.74) is 4.20. The monoisotopic (exact) mass is 591 g/mol. The minimum Gasteiger partial charge on any atom is -0.354 e. The molecule has 0 aliphatic carbocycles. The second-order valence-corrected chi connectivity index (χ2v) is 13.8. The smallest absolute Gasteiger partial charge is 0.244 e. The molecule has 8 heteroatoms. The van der Waals surface area contributed by atoms with E-state index in [2.05, 4.69) is 33.0 Å². The van der Waals surface area contributed by atoms with Gasteiger partial charge in [-0.3, -0.25) is 13.9 Å². The van der Waals surface area contributed by atoms with Gasteiger partial charge in [0.15, 0.2) is 0 Å². The number of nitrogens with one attached hydrogen (secondary N) is 1. The first-order valence-corrected chi connectivity index (χ1v) is 16.4. The van der Waals surface area contributed by atoms with E-state index in [0.29, 0.717) is 18.7 Å². The predicted octanol–water partition coefficient (Wildman–Crippen LogP) is 5.61. The molecule has 1 atom stereocenters. The summed E-state index contributed by atoms with van der Waals surface area (Å²) in [6, 6.07) is 23.8. The van der Waals surface area contributed by atoms with Gasteiger partial charge in [0.25, 0.3) is 0 Å². The molecule has 0 aliphatic heterocycles. The molecule has 42 heavy (non-hydrogen) atoms. The summed E-state index contributed by atoms with van der Waals surface area (Å²) in [6.07, 6.45) is 3.14. The number of rotatable bonds is 13. The van der Waals surface area contributed by atoms with Crippen LogP contribution in [0.2, 0.25) is 0 Å². The largest absolute Gasteiger partial charge is 0.354 e. The van der Waals surface area contributed by atoms with Crippen molar-refractivity contribution in [2.75, 3.05) is 23.7 Å². The number of hydrogen-bond acceptors (Lipinski definition) is 4. The van der Waals surface area contributed by atoms with Crippen LogP contribution in [0.5, 0.6) is 0 Å². The van der Waals surface area contributed by atoms with E-state index >= 15 is 0 Å². The van der Waals surface area contributed by atoms with E-state index in [-0.39, 0.29) is 17.9 Å². The summed E-state index contributed by atoms with van der Waals surface area (Å²) >= 11 is 0. The van der Waals surface area contributed by atoms with Crippen LogP contribution in [0.15, 0.2) is 78.9 Å². The molecule has 0 saturated heterocycles. The fourth-order valence-electron chi connectivity index (χ4n) is 4.69. The number of carbonyl (C=O) groups excluding carboxylic acids is 2. The second kappa shape index (κ2) is 14.5. The van der Waals surface area contributed by atoms with E-state index in [1.165, 1.54) is 4.90 Å². The third kappa shape index (κ3) is 9.44. The van der Waals surface area contributed by atoms with Crippen LogP contribution in [0.1, 0.15) is 62.8 Å². The predicted molar refractivity (Wildman–Crippen MR) is 171 cm³/mol. The highest BCUT2D eigenvalue weighted by Gasteiger charge is 2.33. The molecule has 2 amide bonds. The van der Waals surface area contributed by atoms with Gasteiger partial charge in [0, 0.05) is 19.5 Å². The van der Waals surface area contributed by atoms with Crippen molar-refractivity contribution in [1.82, 2.24) is 10.2 Å². The molecule has 0 heterocycles. The highest BCUT2D eigenvalue weighted by molar-refractivity contribution is 7.92. The summed E-state index contributed by atoms with van der Waals surface area (Å²) < 4.78 is 27.1. The van der Waals surface area contributed by atoms with Crippen LogP contribution in [-0.4, -0.2) is 50.5 Å². The highest BCUT2D eigenvalue weighted by atomic mass is 32.2. The molecule has 3 rings (SSSR count). The number of anilines is 1. The Morgan fingerprint density at radius 3 is 2.05 bits per heavy atom. The van der Waals surface area contributed by atoms with E-state index in [9.17, 15) is 18.0 Å². The van der Waals surface area contributed by atoms with Gasteiger partial charge >= 0.3 is 0 Å². The Bertz CT molecular complexity index is 1410. The molecule has 0 fully saturated rings. The molecule has 0 unspecified atom stereocenters. The SMILES string of the molecule is CCCCNC(=O)[C@H](Cc1ccccc1)N(Cc1ccc(C)cc1)C(=O)CN(c1ccc(C(C)(C)C)cc1)S(C)(=O)=O. The molecule has 3 aromatic carbocycles. The summed E-state index contributed by atoms with van der Waals surface area (Å²) in [5.74, 6) is -0.708. The van der Waals surface area contributed by atoms with Crippen molar-refractivity contribution in [1.29, 1.82) is 0 Å². The number of benzene rings is 3. The lowest BCUT2D eigenvalue weighted by atomic mass is 9.87. The lowest BCUT2D eigenvalue weighted by Gasteiger charge is -2.33. The van der Waals surface area contributed by atoms with Gasteiger partial charge in [-0.2, -0.15) is 0 Å². The Morgan fingerprint density at radius 1 is 0.881 bits per heavy atom. The maximum atomic E-state index is 14.2. The Balaban J connectivity index is 2.02. The van der Waals surface area contributed by atoms with Crippen molar-refractivity contribution in [3.63, 3.8) is 0 Å². The average Bonchev–Trinajstić information content (AvgIpc) is 2.94. The van der Waals surface area contributed by atoms with Crippen LogP contribution in [0, 0.1) is 6.92 Å². The number of amides is 2. The third-order valence-corrected chi connectivity index (χ3v) is 8.42. The first-order chi connectivity index (χ1) is 19.8. The first-order valence-electron chi connectivity index (χ1n) is 14.5. The van der Waals surface area contributed by atoms with Crippen LogP contribution in [0.4, 0.5) is 5.69 Å². The molecule has 0 bridgehead atoms. The topological polar surface area (TPSA) is 86.8 Å². The Kier molecular flexibility index (Phi) is 11.3. The van der Waals surface area contributed by atoms with Crippen molar-refractivity contribution in [3.8, 4) is 0 Å². The zero-order chi connectivity index (χ0) is 30.9. The Morgan fingerprint density at radius 2 is 1.50 bits per heavy atom. The second-order valence-electron chi connectivity index (χ2n) is 11.9. The van der Waals surface area contributed by atoms with Crippen molar-refractivity contribution in [2.24, 2.45) is 0 Å². The molecule has 0 radical (unpaired) electrons. The molecule has 0 saturated carbocycles. The number of nitrogens with zero attached hydrogens (tertiary/aromatic N) is 2. The van der Waals surface area contributed by atoms with Gasteiger partial charge in [0.1, 0.15) is 12.6 Å². The standard InChI is InChI=1S/C34H45N3O4S/c1-7-8-22-35-33(39)31(23-27-12-10-9-11-13-27)36(24-28-16-14-26(2)15-17-28)32(38)25-37(42(6,40)41)30-20-18-29(19-21-30)34(3,4)5/h9-21,31H,7-8,22-25H2,1-6H3,(H,35,39)/t31-/m0/s1. The molecule has 7 nitrogen and oxygen atoms in total. The van der Waals surface area contributed by atoms with Gasteiger partial charge in [0.2, 0.25) is 21.8 Å². The lowest BCUT2D eigenvalue weighted by molar-refractivity contribution is -0.140.